The van der Waals surface area contributed by atoms with Gasteiger partial charge in [0.15, 0.2) is 9.84 Å². The Hall–Kier alpha value is -3.37. The number of aromatic nitrogens is 4. The third-order valence-corrected chi connectivity index (χ3v) is 9.38. The van der Waals surface area contributed by atoms with Gasteiger partial charge in [-0.15, -0.1) is 11.3 Å². The van der Waals surface area contributed by atoms with E-state index < -0.39 is 9.84 Å². The normalized spacial score (nSPS) is 15.5. The van der Waals surface area contributed by atoms with Gasteiger partial charge in [0.05, 0.1) is 39.4 Å². The minimum absolute atomic E-state index is 0.0637. The molecule has 37 heavy (non-hydrogen) atoms. The average molecular weight is 536 g/mol. The van der Waals surface area contributed by atoms with Crippen LogP contribution in [0.4, 0.5) is 0 Å². The van der Waals surface area contributed by atoms with E-state index in [9.17, 15) is 13.2 Å². The Morgan fingerprint density at radius 3 is 2.65 bits per heavy atom. The molecule has 10 heteroatoms. The zero-order valence-corrected chi connectivity index (χ0v) is 22.9. The second kappa shape index (κ2) is 9.50. The van der Waals surface area contributed by atoms with Gasteiger partial charge >= 0.3 is 0 Å². The van der Waals surface area contributed by atoms with Crippen molar-refractivity contribution in [3.05, 3.63) is 69.6 Å². The van der Waals surface area contributed by atoms with E-state index in [2.05, 4.69) is 52.1 Å². The number of H-pyrrole nitrogens is 1. The van der Waals surface area contributed by atoms with Gasteiger partial charge in [0.25, 0.3) is 5.91 Å². The first-order chi connectivity index (χ1) is 17.5. The molecular weight excluding hydrogens is 506 g/mol. The molecule has 0 unspecified atom stereocenters. The minimum atomic E-state index is -2.99. The largest absolute Gasteiger partial charge is 0.352 e. The highest BCUT2D eigenvalue weighted by molar-refractivity contribution is 7.91. The second-order valence-electron chi connectivity index (χ2n) is 10.4. The number of aryl methyl sites for hydroxylation is 1. The second-order valence-corrected chi connectivity index (χ2v) is 13.6. The Bertz CT molecular complexity index is 1640. The molecular formula is C27H29N5O3S2. The maximum Gasteiger partial charge on any atom is 0.263 e. The number of hydrogen-bond acceptors (Lipinski definition) is 7. The lowest BCUT2D eigenvalue weighted by atomic mass is 9.98. The van der Waals surface area contributed by atoms with Crippen LogP contribution < -0.4 is 5.32 Å². The van der Waals surface area contributed by atoms with Crippen LogP contribution in [0, 0.1) is 6.92 Å². The third kappa shape index (κ3) is 5.35. The van der Waals surface area contributed by atoms with Crippen molar-refractivity contribution in [1.29, 1.82) is 0 Å². The number of sulfone groups is 1. The number of thiazole rings is 1. The third-order valence-electron chi connectivity index (χ3n) is 6.46. The number of rotatable bonds is 5. The number of amides is 1. The Labute approximate surface area is 220 Å². The smallest absolute Gasteiger partial charge is 0.263 e. The lowest BCUT2D eigenvalue weighted by molar-refractivity contribution is 0.0954. The fourth-order valence-corrected chi connectivity index (χ4v) is 6.33. The number of carbonyl (C=O) groups excluding carboxylic acids is 1. The van der Waals surface area contributed by atoms with Crippen LogP contribution in [0.1, 0.15) is 58.7 Å². The summed E-state index contributed by atoms with van der Waals surface area (Å²) in [7, 11) is -2.99. The first-order valence-electron chi connectivity index (χ1n) is 12.1. The summed E-state index contributed by atoms with van der Waals surface area (Å²) in [6.07, 6.45) is 5.44. The number of allylic oxidation sites excluding steroid dienone is 1. The minimum Gasteiger partial charge on any atom is -0.352 e. The van der Waals surface area contributed by atoms with Crippen molar-refractivity contribution in [2.24, 2.45) is 0 Å². The van der Waals surface area contributed by atoms with E-state index in [1.54, 1.807) is 18.6 Å². The standard InChI is InChI=1S/C27H29N5O3S2/c1-16-11-18(5-6-19(16)13-28-25(33)22-14-29-26(36-22)27(2,3)4)23-24-21(30-15-31-23)12-20(32-24)17-7-9-37(34,35)10-8-17/h5-7,11-12,14-15,32H,8-10,13H2,1-4H3,(H,28,33). The molecule has 3 aromatic heterocycles. The summed E-state index contributed by atoms with van der Waals surface area (Å²) in [4.78, 5) is 30.0. The van der Waals surface area contributed by atoms with Crippen molar-refractivity contribution in [2.45, 2.75) is 46.1 Å². The van der Waals surface area contributed by atoms with Crippen LogP contribution >= 0.6 is 11.3 Å². The summed E-state index contributed by atoms with van der Waals surface area (Å²) >= 11 is 1.43. The SMILES string of the molecule is Cc1cc(-c2ncnc3cc(C4=CCS(=O)(=O)CC4)[nH]c23)ccc1CNC(=O)c1cnc(C(C)(C)C)s1. The number of hydrogen-bond donors (Lipinski definition) is 2. The Morgan fingerprint density at radius 1 is 1.16 bits per heavy atom. The Kier molecular flexibility index (Phi) is 6.49. The van der Waals surface area contributed by atoms with Crippen molar-refractivity contribution in [3.63, 3.8) is 0 Å². The van der Waals surface area contributed by atoms with Crippen LogP contribution in [0.15, 0.2) is 42.9 Å². The van der Waals surface area contributed by atoms with Crippen LogP contribution in [-0.4, -0.2) is 45.8 Å². The van der Waals surface area contributed by atoms with Crippen molar-refractivity contribution >= 4 is 43.7 Å². The molecule has 0 radical (unpaired) electrons. The molecule has 1 aliphatic heterocycles. The predicted octanol–water partition coefficient (Wildman–Crippen LogP) is 4.82. The number of aromatic amines is 1. The van der Waals surface area contributed by atoms with E-state index >= 15 is 0 Å². The van der Waals surface area contributed by atoms with Crippen LogP contribution in [0.5, 0.6) is 0 Å². The van der Waals surface area contributed by atoms with Crippen molar-refractivity contribution in [1.82, 2.24) is 25.3 Å². The molecule has 0 spiro atoms. The molecule has 0 atom stereocenters. The number of benzene rings is 1. The number of nitrogens with one attached hydrogen (secondary N) is 2. The van der Waals surface area contributed by atoms with E-state index in [1.807, 2.05) is 25.1 Å². The van der Waals surface area contributed by atoms with Gasteiger partial charge in [-0.1, -0.05) is 39.0 Å². The zero-order chi connectivity index (χ0) is 26.4. The molecule has 4 heterocycles. The van der Waals surface area contributed by atoms with Crippen molar-refractivity contribution in [3.8, 4) is 11.3 Å². The Balaban J connectivity index is 1.35. The quantitative estimate of drug-likeness (QED) is 0.378. The summed E-state index contributed by atoms with van der Waals surface area (Å²) < 4.78 is 23.6. The predicted molar refractivity (Wildman–Crippen MR) is 147 cm³/mol. The molecule has 0 fully saturated rings. The molecule has 0 saturated heterocycles. The highest BCUT2D eigenvalue weighted by atomic mass is 32.2. The van der Waals surface area contributed by atoms with Crippen LogP contribution in [-0.2, 0) is 21.8 Å². The van der Waals surface area contributed by atoms with Gasteiger partial charge in [-0.05, 0) is 42.2 Å². The topological polar surface area (TPSA) is 118 Å². The van der Waals surface area contributed by atoms with Crippen molar-refractivity contribution in [2.75, 3.05) is 11.5 Å². The first-order valence-corrected chi connectivity index (χ1v) is 14.7. The molecule has 0 aliphatic carbocycles. The highest BCUT2D eigenvalue weighted by Crippen LogP contribution is 2.31. The van der Waals surface area contributed by atoms with Gasteiger partial charge in [0.1, 0.15) is 11.2 Å². The summed E-state index contributed by atoms with van der Waals surface area (Å²) in [6.45, 7) is 8.67. The fraction of sp³-hybridized carbons (Fsp3) is 0.333. The first kappa shape index (κ1) is 25.3. The monoisotopic (exact) mass is 535 g/mol. The molecule has 0 saturated carbocycles. The maximum atomic E-state index is 12.7. The van der Waals surface area contributed by atoms with Crippen LogP contribution in [0.3, 0.4) is 0 Å². The molecule has 0 bridgehead atoms. The lowest BCUT2D eigenvalue weighted by Crippen LogP contribution is -2.22. The molecule has 1 amide bonds. The van der Waals surface area contributed by atoms with E-state index in [4.69, 9.17) is 0 Å². The van der Waals surface area contributed by atoms with Gasteiger partial charge in [0.2, 0.25) is 0 Å². The van der Waals surface area contributed by atoms with Crippen LogP contribution in [0.25, 0.3) is 27.9 Å². The summed E-state index contributed by atoms with van der Waals surface area (Å²) in [6, 6.07) is 8.00. The van der Waals surface area contributed by atoms with Crippen molar-refractivity contribution < 1.29 is 13.2 Å². The van der Waals surface area contributed by atoms with E-state index in [-0.39, 0.29) is 22.8 Å². The van der Waals surface area contributed by atoms with Gasteiger partial charge in [0, 0.05) is 23.2 Å². The van der Waals surface area contributed by atoms with Gasteiger partial charge < -0.3 is 10.3 Å². The van der Waals surface area contributed by atoms with E-state index in [0.717, 1.165) is 49.7 Å². The molecule has 4 aromatic rings. The highest BCUT2D eigenvalue weighted by Gasteiger charge is 2.21. The molecule has 2 N–H and O–H groups in total. The lowest BCUT2D eigenvalue weighted by Gasteiger charge is -2.13. The Morgan fingerprint density at radius 2 is 1.97 bits per heavy atom. The molecule has 5 rings (SSSR count). The fourth-order valence-electron chi connectivity index (χ4n) is 4.28. The molecule has 192 valence electrons. The van der Waals surface area contributed by atoms with Gasteiger partial charge in [-0.3, -0.25) is 4.79 Å². The average Bonchev–Trinajstić information content (AvgIpc) is 3.51. The van der Waals surface area contributed by atoms with Crippen LogP contribution in [0.2, 0.25) is 0 Å². The van der Waals surface area contributed by atoms with Gasteiger partial charge in [-0.2, -0.15) is 0 Å². The van der Waals surface area contributed by atoms with E-state index in [1.165, 1.54) is 11.3 Å². The molecule has 8 nitrogen and oxygen atoms in total. The number of fused-ring (bicyclic) bond motifs is 1. The summed E-state index contributed by atoms with van der Waals surface area (Å²) in [5, 5.41) is 3.94. The molecule has 1 aromatic carbocycles. The zero-order valence-electron chi connectivity index (χ0n) is 21.3. The van der Waals surface area contributed by atoms with E-state index in [0.29, 0.717) is 17.8 Å². The maximum absolute atomic E-state index is 12.7. The van der Waals surface area contributed by atoms with Gasteiger partial charge in [-0.25, -0.2) is 23.4 Å². The number of nitrogens with zero attached hydrogens (tertiary/aromatic N) is 3. The summed E-state index contributed by atoms with van der Waals surface area (Å²) in [5.41, 5.74) is 7.13. The molecule has 1 aliphatic rings. The number of carbonyl (C=O) groups is 1. The summed E-state index contributed by atoms with van der Waals surface area (Å²) in [5.74, 6) is 0.0940.